The quantitative estimate of drug-likeness (QED) is 0.820. The van der Waals surface area contributed by atoms with Crippen LogP contribution in [0.2, 0.25) is 0 Å². The van der Waals surface area contributed by atoms with Crippen molar-refractivity contribution in [1.82, 2.24) is 15.1 Å². The lowest BCUT2D eigenvalue weighted by molar-refractivity contribution is -0.126. The van der Waals surface area contributed by atoms with Crippen LogP contribution in [0.1, 0.15) is 40.4 Å². The van der Waals surface area contributed by atoms with Gasteiger partial charge in [0.25, 0.3) is 5.91 Å². The number of carbonyl (C=O) groups excluding carboxylic acids is 2. The number of nitrogens with zero attached hydrogens (tertiary/aromatic N) is 2. The predicted octanol–water partition coefficient (Wildman–Crippen LogP) is 3.27. The van der Waals surface area contributed by atoms with Gasteiger partial charge < -0.3 is 15.1 Å². The monoisotopic (exact) mass is 393 g/mol. The first-order valence-corrected chi connectivity index (χ1v) is 10.3. The minimum absolute atomic E-state index is 0.0329. The molecule has 5 heteroatoms. The number of aryl methyl sites for hydroxylation is 1. The maximum absolute atomic E-state index is 12.8. The Bertz CT molecular complexity index is 827. The number of carbonyl (C=O) groups is 2. The Morgan fingerprint density at radius 2 is 1.66 bits per heavy atom. The summed E-state index contributed by atoms with van der Waals surface area (Å²) in [5, 5.41) is 3.13. The molecule has 0 aliphatic carbocycles. The molecule has 154 valence electrons. The fourth-order valence-corrected chi connectivity index (χ4v) is 3.94. The summed E-state index contributed by atoms with van der Waals surface area (Å²) in [6.45, 7) is 3.79. The average Bonchev–Trinajstić information content (AvgIpc) is 2.74. The number of hydrogen-bond donors (Lipinski definition) is 1. The Morgan fingerprint density at radius 1 is 1.03 bits per heavy atom. The molecule has 0 aromatic heterocycles. The Morgan fingerprint density at radius 3 is 2.28 bits per heavy atom. The zero-order valence-electron chi connectivity index (χ0n) is 17.6. The lowest BCUT2D eigenvalue weighted by atomic mass is 9.94. The van der Waals surface area contributed by atoms with Crippen LogP contribution in [0.3, 0.4) is 0 Å². The molecule has 1 aliphatic rings. The van der Waals surface area contributed by atoms with Gasteiger partial charge in [-0.3, -0.25) is 9.59 Å². The van der Waals surface area contributed by atoms with Crippen LogP contribution in [0.15, 0.2) is 54.6 Å². The van der Waals surface area contributed by atoms with Gasteiger partial charge in [-0.15, -0.1) is 0 Å². The Labute approximate surface area is 173 Å². The van der Waals surface area contributed by atoms with Crippen LogP contribution >= 0.6 is 0 Å². The fourth-order valence-electron chi connectivity index (χ4n) is 3.94. The molecule has 1 heterocycles. The van der Waals surface area contributed by atoms with E-state index in [1.807, 2.05) is 68.4 Å². The smallest absolute Gasteiger partial charge is 0.254 e. The second kappa shape index (κ2) is 9.70. The van der Waals surface area contributed by atoms with Crippen molar-refractivity contribution in [3.8, 4) is 0 Å². The van der Waals surface area contributed by atoms with Crippen LogP contribution in [-0.2, 0) is 4.79 Å². The van der Waals surface area contributed by atoms with Gasteiger partial charge in [0, 0.05) is 31.1 Å². The maximum Gasteiger partial charge on any atom is 0.254 e. The largest absolute Gasteiger partial charge is 0.354 e. The molecular weight excluding hydrogens is 362 g/mol. The van der Waals surface area contributed by atoms with E-state index >= 15 is 0 Å². The van der Waals surface area contributed by atoms with Crippen LogP contribution in [0.4, 0.5) is 0 Å². The topological polar surface area (TPSA) is 52.7 Å². The Balaban J connectivity index is 1.52. The SMILES string of the molecule is Cc1ccccc1C(=O)N1CCC(C(=O)NC[C@H](c2ccccc2)N(C)C)CC1. The fraction of sp³-hybridized carbons (Fsp3) is 0.417. The van der Waals surface area contributed by atoms with Gasteiger partial charge >= 0.3 is 0 Å². The molecule has 2 aromatic carbocycles. The molecule has 1 fully saturated rings. The summed E-state index contributed by atoms with van der Waals surface area (Å²) >= 11 is 0. The summed E-state index contributed by atoms with van der Waals surface area (Å²) in [6.07, 6.45) is 1.42. The molecule has 1 N–H and O–H groups in total. The van der Waals surface area contributed by atoms with Gasteiger partial charge in [-0.05, 0) is 51.1 Å². The number of likely N-dealkylation sites (N-methyl/N-ethyl adjacent to an activating group) is 1. The highest BCUT2D eigenvalue weighted by atomic mass is 16.2. The second-order valence-electron chi connectivity index (χ2n) is 8.02. The molecule has 29 heavy (non-hydrogen) atoms. The summed E-state index contributed by atoms with van der Waals surface area (Å²) in [5.41, 5.74) is 2.94. The number of piperidine rings is 1. The third-order valence-electron chi connectivity index (χ3n) is 5.81. The van der Waals surface area contributed by atoms with Crippen molar-refractivity contribution in [2.24, 2.45) is 5.92 Å². The second-order valence-corrected chi connectivity index (χ2v) is 8.02. The minimum Gasteiger partial charge on any atom is -0.354 e. The zero-order valence-corrected chi connectivity index (χ0v) is 17.6. The third-order valence-corrected chi connectivity index (χ3v) is 5.81. The van der Waals surface area contributed by atoms with Crippen LogP contribution in [0.25, 0.3) is 0 Å². The molecular formula is C24H31N3O2. The van der Waals surface area contributed by atoms with Crippen molar-refractivity contribution < 1.29 is 9.59 Å². The zero-order chi connectivity index (χ0) is 20.8. The van der Waals surface area contributed by atoms with Crippen molar-refractivity contribution >= 4 is 11.8 Å². The first kappa shape index (κ1) is 21.1. The molecule has 1 atom stereocenters. The van der Waals surface area contributed by atoms with E-state index in [1.165, 1.54) is 5.56 Å². The summed E-state index contributed by atoms with van der Waals surface area (Å²) in [7, 11) is 4.05. The highest BCUT2D eigenvalue weighted by molar-refractivity contribution is 5.95. The maximum atomic E-state index is 12.8. The van der Waals surface area contributed by atoms with Gasteiger partial charge in [0.1, 0.15) is 0 Å². The summed E-state index contributed by atoms with van der Waals surface area (Å²) in [5.74, 6) is 0.129. The lowest BCUT2D eigenvalue weighted by Gasteiger charge is -2.32. The van der Waals surface area contributed by atoms with Crippen molar-refractivity contribution in [3.63, 3.8) is 0 Å². The molecule has 0 saturated carbocycles. The highest BCUT2D eigenvalue weighted by Crippen LogP contribution is 2.21. The van der Waals surface area contributed by atoms with Gasteiger partial charge in [0.15, 0.2) is 0 Å². The van der Waals surface area contributed by atoms with Crippen LogP contribution < -0.4 is 5.32 Å². The van der Waals surface area contributed by atoms with E-state index in [0.717, 1.165) is 11.1 Å². The van der Waals surface area contributed by atoms with Crippen molar-refractivity contribution in [1.29, 1.82) is 0 Å². The van der Waals surface area contributed by atoms with E-state index in [4.69, 9.17) is 0 Å². The third kappa shape index (κ3) is 5.24. The summed E-state index contributed by atoms with van der Waals surface area (Å²) < 4.78 is 0. The normalized spacial score (nSPS) is 15.9. The molecule has 3 rings (SSSR count). The number of amides is 2. The van der Waals surface area contributed by atoms with Crippen molar-refractivity contribution in [3.05, 3.63) is 71.3 Å². The van der Waals surface area contributed by atoms with Gasteiger partial charge in [-0.1, -0.05) is 48.5 Å². The standard InChI is InChI=1S/C24H31N3O2/c1-18-9-7-8-12-21(18)24(29)27-15-13-20(14-16-27)23(28)25-17-22(26(2)3)19-10-5-4-6-11-19/h4-12,20,22H,13-17H2,1-3H3,(H,25,28)/t22-/m1/s1. The molecule has 0 radical (unpaired) electrons. The number of nitrogens with one attached hydrogen (secondary N) is 1. The Kier molecular flexibility index (Phi) is 7.04. The van der Waals surface area contributed by atoms with Crippen LogP contribution in [-0.4, -0.2) is 55.3 Å². The number of benzene rings is 2. The molecule has 1 saturated heterocycles. The Hall–Kier alpha value is -2.66. The number of hydrogen-bond acceptors (Lipinski definition) is 3. The van der Waals surface area contributed by atoms with Gasteiger partial charge in [0.05, 0.1) is 6.04 Å². The first-order valence-electron chi connectivity index (χ1n) is 10.3. The molecule has 0 spiro atoms. The van der Waals surface area contributed by atoms with Crippen molar-refractivity contribution in [2.75, 3.05) is 33.7 Å². The van der Waals surface area contributed by atoms with E-state index in [0.29, 0.717) is 32.5 Å². The van der Waals surface area contributed by atoms with E-state index in [1.54, 1.807) is 0 Å². The van der Waals surface area contributed by atoms with Gasteiger partial charge in [-0.2, -0.15) is 0 Å². The predicted molar refractivity (Wildman–Crippen MR) is 116 cm³/mol. The molecule has 0 bridgehead atoms. The molecule has 1 aliphatic heterocycles. The van der Waals surface area contributed by atoms with E-state index in [-0.39, 0.29) is 23.8 Å². The van der Waals surface area contributed by atoms with Gasteiger partial charge in [-0.25, -0.2) is 0 Å². The van der Waals surface area contributed by atoms with E-state index in [9.17, 15) is 9.59 Å². The van der Waals surface area contributed by atoms with Crippen molar-refractivity contribution in [2.45, 2.75) is 25.8 Å². The molecule has 0 unspecified atom stereocenters. The first-order chi connectivity index (χ1) is 14.0. The molecule has 2 aromatic rings. The summed E-state index contributed by atoms with van der Waals surface area (Å²) in [4.78, 5) is 29.5. The number of rotatable bonds is 6. The minimum atomic E-state index is -0.0329. The van der Waals surface area contributed by atoms with E-state index in [2.05, 4.69) is 22.3 Å². The molecule has 2 amide bonds. The lowest BCUT2D eigenvalue weighted by Crippen LogP contribution is -2.44. The van der Waals surface area contributed by atoms with Crippen LogP contribution in [0.5, 0.6) is 0 Å². The molecule has 5 nitrogen and oxygen atoms in total. The highest BCUT2D eigenvalue weighted by Gasteiger charge is 2.28. The van der Waals surface area contributed by atoms with Crippen LogP contribution in [0, 0.1) is 12.8 Å². The number of likely N-dealkylation sites (tertiary alicyclic amines) is 1. The van der Waals surface area contributed by atoms with E-state index < -0.39 is 0 Å². The van der Waals surface area contributed by atoms with Gasteiger partial charge in [0.2, 0.25) is 5.91 Å². The average molecular weight is 394 g/mol. The summed E-state index contributed by atoms with van der Waals surface area (Å²) in [6, 6.07) is 18.0.